The fourth-order valence-corrected chi connectivity index (χ4v) is 2.22. The summed E-state index contributed by atoms with van der Waals surface area (Å²) in [5.74, 6) is -1.85. The Hall–Kier alpha value is -2.17. The first-order valence-corrected chi connectivity index (χ1v) is 9.17. The van der Waals surface area contributed by atoms with Crippen LogP contribution in [-0.2, 0) is 23.9 Å². The summed E-state index contributed by atoms with van der Waals surface area (Å²) in [6, 6.07) is 0. The van der Waals surface area contributed by atoms with Crippen LogP contribution >= 0.6 is 0 Å². The number of hydrogen-bond acceptors (Lipinski definition) is 5. The van der Waals surface area contributed by atoms with E-state index in [0.717, 1.165) is 0 Å². The molecule has 0 aromatic heterocycles. The van der Waals surface area contributed by atoms with Gasteiger partial charge in [-0.15, -0.1) is 0 Å². The molecule has 0 aromatic rings. The van der Waals surface area contributed by atoms with Crippen LogP contribution in [-0.4, -0.2) is 28.9 Å². The zero-order valence-electron chi connectivity index (χ0n) is 17.9. The Morgan fingerprint density at radius 3 is 1.63 bits per heavy atom. The highest BCUT2D eigenvalue weighted by Crippen LogP contribution is 2.35. The topological polar surface area (TPSA) is 69.7 Å². The Kier molecular flexibility index (Phi) is 9.42. The van der Waals surface area contributed by atoms with Crippen molar-refractivity contribution < 1.29 is 23.9 Å². The van der Waals surface area contributed by atoms with Crippen LogP contribution in [0.25, 0.3) is 0 Å². The summed E-state index contributed by atoms with van der Waals surface area (Å²) < 4.78 is 11.0. The molecular weight excluding hydrogens is 344 g/mol. The van der Waals surface area contributed by atoms with Crippen LogP contribution in [0.2, 0.25) is 0 Å². The summed E-state index contributed by atoms with van der Waals surface area (Å²) in [5.41, 5.74) is -3.35. The number of carbonyl (C=O) groups excluding carboxylic acids is 3. The van der Waals surface area contributed by atoms with Crippen LogP contribution in [0.15, 0.2) is 36.5 Å². The number of esters is 2. The third kappa shape index (κ3) is 9.36. The normalized spacial score (nSPS) is 13.5. The van der Waals surface area contributed by atoms with Crippen LogP contribution in [0.1, 0.15) is 68.2 Å². The average molecular weight is 379 g/mol. The lowest BCUT2D eigenvalue weighted by Gasteiger charge is -2.33. The van der Waals surface area contributed by atoms with Crippen molar-refractivity contribution in [2.75, 3.05) is 0 Å². The van der Waals surface area contributed by atoms with Crippen LogP contribution in [0.4, 0.5) is 0 Å². The van der Waals surface area contributed by atoms with Gasteiger partial charge in [0, 0.05) is 6.42 Å². The lowest BCUT2D eigenvalue weighted by Crippen LogP contribution is -2.47. The van der Waals surface area contributed by atoms with E-state index in [-0.39, 0.29) is 18.6 Å². The molecule has 152 valence electrons. The molecule has 0 aliphatic rings. The highest BCUT2D eigenvalue weighted by atomic mass is 16.6. The van der Waals surface area contributed by atoms with Crippen molar-refractivity contribution in [1.82, 2.24) is 0 Å². The van der Waals surface area contributed by atoms with E-state index in [1.807, 2.05) is 13.0 Å². The number of hydrogen-bond donors (Lipinski definition) is 0. The largest absolute Gasteiger partial charge is 0.459 e. The van der Waals surface area contributed by atoms with Crippen molar-refractivity contribution >= 4 is 17.7 Å². The van der Waals surface area contributed by atoms with Crippen molar-refractivity contribution in [3.63, 3.8) is 0 Å². The first kappa shape index (κ1) is 24.8. The first-order valence-electron chi connectivity index (χ1n) is 9.17. The highest BCUT2D eigenvalue weighted by Gasteiger charge is 2.51. The van der Waals surface area contributed by atoms with Crippen molar-refractivity contribution in [3.05, 3.63) is 36.5 Å². The minimum atomic E-state index is -1.74. The number of ketones is 1. The second-order valence-electron chi connectivity index (χ2n) is 8.39. The SMILES string of the molecule is C/C=C/C=C/CC(CC(=O)/C=C/C)(C(=O)OC(C)(C)C)C(=O)OC(C)(C)C. The van der Waals surface area contributed by atoms with Gasteiger partial charge in [0.15, 0.2) is 11.2 Å². The van der Waals surface area contributed by atoms with Crippen molar-refractivity contribution in [3.8, 4) is 0 Å². The molecule has 0 rings (SSSR count). The van der Waals surface area contributed by atoms with Gasteiger partial charge in [0.25, 0.3) is 0 Å². The second-order valence-corrected chi connectivity index (χ2v) is 8.39. The Bertz CT molecular complexity index is 582. The maximum atomic E-state index is 13.1. The van der Waals surface area contributed by atoms with Gasteiger partial charge in [-0.05, 0) is 67.9 Å². The van der Waals surface area contributed by atoms with Gasteiger partial charge >= 0.3 is 11.9 Å². The van der Waals surface area contributed by atoms with Crippen molar-refractivity contribution in [2.45, 2.75) is 79.4 Å². The monoisotopic (exact) mass is 378 g/mol. The van der Waals surface area contributed by atoms with Gasteiger partial charge in [0.2, 0.25) is 0 Å². The molecule has 0 aliphatic carbocycles. The van der Waals surface area contributed by atoms with E-state index in [2.05, 4.69) is 0 Å². The van der Waals surface area contributed by atoms with Crippen LogP contribution < -0.4 is 0 Å². The molecule has 0 fully saturated rings. The Labute approximate surface area is 163 Å². The Morgan fingerprint density at radius 2 is 1.26 bits per heavy atom. The molecule has 5 heteroatoms. The number of carbonyl (C=O) groups is 3. The molecule has 0 radical (unpaired) electrons. The lowest BCUT2D eigenvalue weighted by molar-refractivity contribution is -0.186. The Morgan fingerprint density at radius 1 is 0.778 bits per heavy atom. The molecule has 0 amide bonds. The Balaban J connectivity index is 6.19. The van der Waals surface area contributed by atoms with Gasteiger partial charge in [-0.3, -0.25) is 14.4 Å². The molecule has 0 aliphatic heterocycles. The molecule has 0 N–H and O–H groups in total. The molecule has 0 spiro atoms. The number of ether oxygens (including phenoxy) is 2. The molecule has 0 atom stereocenters. The van der Waals surface area contributed by atoms with E-state index in [1.54, 1.807) is 72.8 Å². The minimum absolute atomic E-state index is 0.00443. The molecule has 27 heavy (non-hydrogen) atoms. The van der Waals surface area contributed by atoms with Gasteiger partial charge in [-0.2, -0.15) is 0 Å². The maximum absolute atomic E-state index is 13.1. The summed E-state index contributed by atoms with van der Waals surface area (Å²) in [7, 11) is 0. The quantitative estimate of drug-likeness (QED) is 0.265. The fourth-order valence-electron chi connectivity index (χ4n) is 2.22. The van der Waals surface area contributed by atoms with E-state index in [4.69, 9.17) is 9.47 Å². The van der Waals surface area contributed by atoms with Crippen LogP contribution in [0.5, 0.6) is 0 Å². The van der Waals surface area contributed by atoms with Gasteiger partial charge < -0.3 is 9.47 Å². The third-order valence-electron chi connectivity index (χ3n) is 3.31. The first-order chi connectivity index (χ1) is 12.3. The lowest BCUT2D eigenvalue weighted by atomic mass is 9.78. The van der Waals surface area contributed by atoms with Gasteiger partial charge in [-0.1, -0.05) is 30.4 Å². The maximum Gasteiger partial charge on any atom is 0.324 e. The summed E-state index contributed by atoms with van der Waals surface area (Å²) >= 11 is 0. The van der Waals surface area contributed by atoms with E-state index in [1.165, 1.54) is 6.08 Å². The van der Waals surface area contributed by atoms with Crippen molar-refractivity contribution in [2.24, 2.45) is 5.41 Å². The standard InChI is InChI=1S/C22H34O5/c1-9-11-12-13-15-22(16-17(23)14-10-2,18(24)26-20(3,4)5)19(25)27-21(6,7)8/h9-14H,15-16H2,1-8H3/b11-9+,13-12+,14-10+. The number of allylic oxidation sites excluding steroid dienone is 6. The van der Waals surface area contributed by atoms with E-state index in [9.17, 15) is 14.4 Å². The zero-order chi connectivity index (χ0) is 21.3. The predicted molar refractivity (Wildman–Crippen MR) is 107 cm³/mol. The van der Waals surface area contributed by atoms with Crippen LogP contribution in [0.3, 0.4) is 0 Å². The molecule has 0 bridgehead atoms. The molecule has 5 nitrogen and oxygen atoms in total. The van der Waals surface area contributed by atoms with E-state index >= 15 is 0 Å². The predicted octanol–water partition coefficient (Wildman–Crippen LogP) is 4.71. The van der Waals surface area contributed by atoms with Gasteiger partial charge in [0.1, 0.15) is 11.2 Å². The fraction of sp³-hybridized carbons (Fsp3) is 0.591. The minimum Gasteiger partial charge on any atom is -0.459 e. The summed E-state index contributed by atoms with van der Waals surface area (Å²) in [5, 5.41) is 0. The number of rotatable bonds is 8. The zero-order valence-corrected chi connectivity index (χ0v) is 17.9. The molecule has 0 saturated carbocycles. The molecule has 0 heterocycles. The highest BCUT2D eigenvalue weighted by molar-refractivity contribution is 6.06. The third-order valence-corrected chi connectivity index (χ3v) is 3.31. The van der Waals surface area contributed by atoms with Gasteiger partial charge in [0.05, 0.1) is 0 Å². The summed E-state index contributed by atoms with van der Waals surface area (Å²) in [6.45, 7) is 13.9. The second kappa shape index (κ2) is 10.2. The van der Waals surface area contributed by atoms with E-state index < -0.39 is 28.6 Å². The smallest absolute Gasteiger partial charge is 0.324 e. The van der Waals surface area contributed by atoms with Crippen LogP contribution in [0, 0.1) is 5.41 Å². The summed E-state index contributed by atoms with van der Waals surface area (Å²) in [4.78, 5) is 38.5. The molecule has 0 aromatic carbocycles. The molecular formula is C22H34O5. The van der Waals surface area contributed by atoms with E-state index in [0.29, 0.717) is 0 Å². The van der Waals surface area contributed by atoms with Gasteiger partial charge in [-0.25, -0.2) is 0 Å². The summed E-state index contributed by atoms with van der Waals surface area (Å²) in [6.07, 6.45) is 9.62. The molecule has 0 saturated heterocycles. The molecule has 0 unspecified atom stereocenters. The van der Waals surface area contributed by atoms with Crippen molar-refractivity contribution in [1.29, 1.82) is 0 Å². The average Bonchev–Trinajstić information content (AvgIpc) is 2.46.